The summed E-state index contributed by atoms with van der Waals surface area (Å²) in [6.07, 6.45) is 2.48. The van der Waals surface area contributed by atoms with E-state index in [4.69, 9.17) is 20.8 Å². The monoisotopic (exact) mass is 367 g/mol. The first-order chi connectivity index (χ1) is 12.9. The minimum atomic E-state index is -1.25. The molecule has 0 aliphatic carbocycles. The molecule has 9 heteroatoms. The van der Waals surface area contributed by atoms with Crippen molar-refractivity contribution >= 4 is 23.0 Å². The van der Waals surface area contributed by atoms with Crippen LogP contribution < -0.4 is 11.1 Å². The van der Waals surface area contributed by atoms with E-state index in [9.17, 15) is 13.6 Å². The van der Waals surface area contributed by atoms with E-state index >= 15 is 0 Å². The van der Waals surface area contributed by atoms with E-state index in [-0.39, 0.29) is 28.4 Å². The minimum absolute atomic E-state index is 0.0788. The highest BCUT2D eigenvalue weighted by atomic mass is 19.1. The standard InChI is InChI=1S/C18H11F2N5O2/c19-12-3-1-9(6-21)16(20)15(12)18(26)25-10-2-4-13(22)11(5-10)17(23)14-7-24-8-27-14/h1-5,7-8,23H,22H2,(H,25,26). The Morgan fingerprint density at radius 3 is 2.74 bits per heavy atom. The van der Waals surface area contributed by atoms with Gasteiger partial charge in [0.15, 0.2) is 18.0 Å². The van der Waals surface area contributed by atoms with Crippen molar-refractivity contribution in [1.29, 1.82) is 10.7 Å². The second-order valence-electron chi connectivity index (χ2n) is 5.39. The zero-order chi connectivity index (χ0) is 19.6. The molecule has 1 amide bonds. The number of benzene rings is 2. The second kappa shape index (κ2) is 7.05. The number of amides is 1. The van der Waals surface area contributed by atoms with Gasteiger partial charge in [-0.05, 0) is 30.3 Å². The van der Waals surface area contributed by atoms with Crippen LogP contribution >= 0.6 is 0 Å². The number of nitrogens with zero attached hydrogens (tertiary/aromatic N) is 2. The minimum Gasteiger partial charge on any atom is -0.442 e. The fourth-order valence-electron chi connectivity index (χ4n) is 2.36. The number of nitrogens with two attached hydrogens (primary N) is 1. The van der Waals surface area contributed by atoms with Crippen LogP contribution in [0.3, 0.4) is 0 Å². The first-order valence-corrected chi connectivity index (χ1v) is 7.49. The largest absolute Gasteiger partial charge is 0.442 e. The molecule has 0 saturated heterocycles. The van der Waals surface area contributed by atoms with Gasteiger partial charge in [-0.25, -0.2) is 13.8 Å². The van der Waals surface area contributed by atoms with Crippen molar-refractivity contribution in [2.24, 2.45) is 0 Å². The quantitative estimate of drug-likeness (QED) is 0.482. The topological polar surface area (TPSA) is 129 Å². The van der Waals surface area contributed by atoms with Gasteiger partial charge in [0.1, 0.15) is 23.2 Å². The van der Waals surface area contributed by atoms with Gasteiger partial charge in [0.2, 0.25) is 0 Å². The van der Waals surface area contributed by atoms with E-state index in [0.29, 0.717) is 0 Å². The van der Waals surface area contributed by atoms with Crippen LogP contribution in [0.4, 0.5) is 20.2 Å². The smallest absolute Gasteiger partial charge is 0.261 e. The maximum absolute atomic E-state index is 14.1. The van der Waals surface area contributed by atoms with Crippen molar-refractivity contribution in [2.45, 2.75) is 0 Å². The van der Waals surface area contributed by atoms with E-state index < -0.39 is 28.7 Å². The number of nitrogen functional groups attached to an aromatic ring is 1. The summed E-state index contributed by atoms with van der Waals surface area (Å²) >= 11 is 0. The molecule has 0 radical (unpaired) electrons. The molecule has 0 aliphatic heterocycles. The van der Waals surface area contributed by atoms with Gasteiger partial charge < -0.3 is 15.5 Å². The Bertz CT molecular complexity index is 1090. The molecular weight excluding hydrogens is 356 g/mol. The Morgan fingerprint density at radius 2 is 2.07 bits per heavy atom. The number of rotatable bonds is 4. The highest BCUT2D eigenvalue weighted by molar-refractivity contribution is 6.13. The number of nitrogens with one attached hydrogen (secondary N) is 2. The van der Waals surface area contributed by atoms with Crippen LogP contribution in [0.1, 0.15) is 27.2 Å². The molecule has 2 aromatic carbocycles. The number of carbonyl (C=O) groups excluding carboxylic acids is 1. The SMILES string of the molecule is N#Cc1ccc(F)c(C(=O)Nc2ccc(N)c(C(=N)c3cnco3)c2)c1F. The van der Waals surface area contributed by atoms with Gasteiger partial charge >= 0.3 is 0 Å². The van der Waals surface area contributed by atoms with Gasteiger partial charge in [-0.1, -0.05) is 0 Å². The van der Waals surface area contributed by atoms with Gasteiger partial charge in [0.25, 0.3) is 5.91 Å². The van der Waals surface area contributed by atoms with E-state index in [2.05, 4.69) is 10.3 Å². The number of halogens is 2. The molecule has 0 unspecified atom stereocenters. The lowest BCUT2D eigenvalue weighted by Gasteiger charge is -2.11. The second-order valence-corrected chi connectivity index (χ2v) is 5.39. The number of hydrogen-bond donors (Lipinski definition) is 3. The molecule has 0 aliphatic rings. The Labute approximate surface area is 151 Å². The molecule has 1 heterocycles. The fraction of sp³-hybridized carbons (Fsp3) is 0. The van der Waals surface area contributed by atoms with Crippen molar-refractivity contribution in [3.63, 3.8) is 0 Å². The summed E-state index contributed by atoms with van der Waals surface area (Å²) in [7, 11) is 0. The number of oxazole rings is 1. The summed E-state index contributed by atoms with van der Waals surface area (Å²) < 4.78 is 33.1. The van der Waals surface area contributed by atoms with Crippen LogP contribution in [-0.4, -0.2) is 16.6 Å². The van der Waals surface area contributed by atoms with Crippen LogP contribution in [0.25, 0.3) is 0 Å². The molecular formula is C18H11F2N5O2. The number of hydrogen-bond acceptors (Lipinski definition) is 6. The average Bonchev–Trinajstić information content (AvgIpc) is 3.17. The maximum Gasteiger partial charge on any atom is 0.261 e. The highest BCUT2D eigenvalue weighted by Gasteiger charge is 2.21. The third-order valence-electron chi connectivity index (χ3n) is 3.70. The molecule has 4 N–H and O–H groups in total. The van der Waals surface area contributed by atoms with Crippen LogP contribution in [0.2, 0.25) is 0 Å². The van der Waals surface area contributed by atoms with E-state index in [1.807, 2.05) is 0 Å². The molecule has 1 aromatic heterocycles. The van der Waals surface area contributed by atoms with E-state index in [0.717, 1.165) is 18.5 Å². The molecule has 7 nitrogen and oxygen atoms in total. The lowest BCUT2D eigenvalue weighted by molar-refractivity contribution is 0.101. The summed E-state index contributed by atoms with van der Waals surface area (Å²) in [6.45, 7) is 0. The third kappa shape index (κ3) is 3.36. The number of nitriles is 1. The van der Waals surface area contributed by atoms with E-state index in [1.165, 1.54) is 24.4 Å². The van der Waals surface area contributed by atoms with Crippen molar-refractivity contribution in [2.75, 3.05) is 11.1 Å². The lowest BCUT2D eigenvalue weighted by atomic mass is 10.0. The fourth-order valence-corrected chi connectivity index (χ4v) is 2.36. The zero-order valence-electron chi connectivity index (χ0n) is 13.6. The highest BCUT2D eigenvalue weighted by Crippen LogP contribution is 2.23. The van der Waals surface area contributed by atoms with Gasteiger partial charge in [0.05, 0.1) is 11.8 Å². The van der Waals surface area contributed by atoms with Crippen molar-refractivity contribution in [3.8, 4) is 6.07 Å². The molecule has 0 spiro atoms. The summed E-state index contributed by atoms with van der Waals surface area (Å²) in [5, 5.41) is 19.3. The zero-order valence-corrected chi connectivity index (χ0v) is 13.6. The van der Waals surface area contributed by atoms with Crippen LogP contribution in [0, 0.1) is 28.4 Å². The van der Waals surface area contributed by atoms with Crippen molar-refractivity contribution < 1.29 is 18.0 Å². The van der Waals surface area contributed by atoms with Crippen molar-refractivity contribution in [3.05, 3.63) is 77.0 Å². The predicted molar refractivity (Wildman–Crippen MR) is 92.3 cm³/mol. The predicted octanol–water partition coefficient (Wildman–Crippen LogP) is 3.08. The molecule has 27 heavy (non-hydrogen) atoms. The normalized spacial score (nSPS) is 10.3. The molecule has 3 aromatic rings. The average molecular weight is 367 g/mol. The van der Waals surface area contributed by atoms with Gasteiger partial charge in [-0.15, -0.1) is 0 Å². The molecule has 0 bridgehead atoms. The van der Waals surface area contributed by atoms with Crippen LogP contribution in [0.15, 0.2) is 47.3 Å². The maximum atomic E-state index is 14.1. The summed E-state index contributed by atoms with van der Waals surface area (Å²) in [5.41, 5.74) is 5.06. The van der Waals surface area contributed by atoms with Crippen LogP contribution in [-0.2, 0) is 0 Å². The Hall–Kier alpha value is -4.06. The number of carbonyl (C=O) groups is 1. The molecule has 3 rings (SSSR count). The van der Waals surface area contributed by atoms with Crippen LogP contribution in [0.5, 0.6) is 0 Å². The molecule has 0 atom stereocenters. The third-order valence-corrected chi connectivity index (χ3v) is 3.70. The van der Waals surface area contributed by atoms with Gasteiger partial charge in [-0.3, -0.25) is 10.2 Å². The summed E-state index contributed by atoms with van der Waals surface area (Å²) in [4.78, 5) is 16.0. The van der Waals surface area contributed by atoms with Gasteiger partial charge in [0, 0.05) is 16.9 Å². The summed E-state index contributed by atoms with van der Waals surface area (Å²) in [6, 6.07) is 7.53. The molecule has 0 saturated carbocycles. The Morgan fingerprint density at radius 1 is 1.30 bits per heavy atom. The Balaban J connectivity index is 1.93. The first kappa shape index (κ1) is 17.8. The summed E-state index contributed by atoms with van der Waals surface area (Å²) in [5.74, 6) is -3.28. The first-order valence-electron chi connectivity index (χ1n) is 7.49. The molecule has 134 valence electrons. The van der Waals surface area contributed by atoms with Gasteiger partial charge in [-0.2, -0.15) is 5.26 Å². The van der Waals surface area contributed by atoms with Crippen molar-refractivity contribution in [1.82, 2.24) is 4.98 Å². The number of anilines is 2. The number of aromatic nitrogens is 1. The Kier molecular flexibility index (Phi) is 4.64. The lowest BCUT2D eigenvalue weighted by Crippen LogP contribution is -2.17. The molecule has 0 fully saturated rings. The van der Waals surface area contributed by atoms with E-state index in [1.54, 1.807) is 6.07 Å².